The van der Waals surface area contributed by atoms with Crippen molar-refractivity contribution in [3.8, 4) is 5.75 Å². The minimum Gasteiger partial charge on any atom is -0.492 e. The Hall–Kier alpha value is -3.16. The predicted molar refractivity (Wildman–Crippen MR) is 131 cm³/mol. The van der Waals surface area contributed by atoms with E-state index in [1.165, 1.54) is 0 Å². The Balaban J connectivity index is 1.41. The zero-order chi connectivity index (χ0) is 23.8. The average molecular weight is 465 g/mol. The number of benzene rings is 2. The van der Waals surface area contributed by atoms with Gasteiger partial charge in [0.2, 0.25) is 0 Å². The molecule has 180 valence electrons. The van der Waals surface area contributed by atoms with Gasteiger partial charge in [-0.2, -0.15) is 0 Å². The number of nitrogens with zero attached hydrogens (tertiary/aromatic N) is 2. The fourth-order valence-electron chi connectivity index (χ4n) is 4.07. The van der Waals surface area contributed by atoms with E-state index in [0.29, 0.717) is 31.0 Å². The van der Waals surface area contributed by atoms with Crippen LogP contribution < -0.4 is 4.74 Å². The average Bonchev–Trinajstić information content (AvgIpc) is 3.22. The Morgan fingerprint density at radius 3 is 2.59 bits per heavy atom. The van der Waals surface area contributed by atoms with Crippen LogP contribution in [-0.2, 0) is 16.0 Å². The molecule has 3 aromatic rings. The molecule has 0 radical (unpaired) electrons. The smallest absolute Gasteiger partial charge is 0.338 e. The summed E-state index contributed by atoms with van der Waals surface area (Å²) in [5, 5.41) is 0.960. The SMILES string of the molecule is CCCCOC(=O)c1ccc(Cn2c(C=O)cc3cc(OCCN4CCOCC4)ccc32)cc1. The number of aromatic nitrogens is 1. The minimum atomic E-state index is -0.304. The van der Waals surface area contributed by atoms with Gasteiger partial charge in [0.05, 0.1) is 31.1 Å². The highest BCUT2D eigenvalue weighted by Gasteiger charge is 2.13. The van der Waals surface area contributed by atoms with E-state index in [1.54, 1.807) is 12.1 Å². The third kappa shape index (κ3) is 6.04. The first kappa shape index (κ1) is 24.0. The number of fused-ring (bicyclic) bond motifs is 1. The molecule has 0 amide bonds. The van der Waals surface area contributed by atoms with Gasteiger partial charge in [-0.1, -0.05) is 25.5 Å². The van der Waals surface area contributed by atoms with E-state index in [4.69, 9.17) is 14.2 Å². The molecule has 7 nitrogen and oxygen atoms in total. The quantitative estimate of drug-likeness (QED) is 0.241. The molecule has 0 bridgehead atoms. The maximum Gasteiger partial charge on any atom is 0.338 e. The Morgan fingerprint density at radius 1 is 1.06 bits per heavy atom. The topological polar surface area (TPSA) is 70.0 Å². The first-order valence-electron chi connectivity index (χ1n) is 12.0. The lowest BCUT2D eigenvalue weighted by Gasteiger charge is -2.26. The van der Waals surface area contributed by atoms with Crippen LogP contribution in [0.5, 0.6) is 5.75 Å². The standard InChI is InChI=1S/C27H32N2O5/c1-2-3-13-34-27(31)22-6-4-21(5-7-22)19-29-24(20-30)17-23-18-25(8-9-26(23)29)33-16-12-28-10-14-32-15-11-28/h4-9,17-18,20H,2-3,10-16,19H2,1H3. The van der Waals surface area contributed by atoms with E-state index in [9.17, 15) is 9.59 Å². The maximum absolute atomic E-state index is 12.1. The van der Waals surface area contributed by atoms with E-state index in [1.807, 2.05) is 41.0 Å². The first-order valence-corrected chi connectivity index (χ1v) is 12.0. The van der Waals surface area contributed by atoms with E-state index < -0.39 is 0 Å². The number of hydrogen-bond acceptors (Lipinski definition) is 6. The van der Waals surface area contributed by atoms with Crippen molar-refractivity contribution in [1.82, 2.24) is 9.47 Å². The second-order valence-corrected chi connectivity index (χ2v) is 8.48. The molecule has 2 heterocycles. The van der Waals surface area contributed by atoms with Crippen molar-refractivity contribution in [2.45, 2.75) is 26.3 Å². The summed E-state index contributed by atoms with van der Waals surface area (Å²) < 4.78 is 18.6. The molecular formula is C27H32N2O5. The van der Waals surface area contributed by atoms with Gasteiger partial charge in [-0.05, 0) is 48.4 Å². The number of rotatable bonds is 11. The van der Waals surface area contributed by atoms with Gasteiger partial charge in [0.1, 0.15) is 12.4 Å². The summed E-state index contributed by atoms with van der Waals surface area (Å²) in [4.78, 5) is 26.2. The summed E-state index contributed by atoms with van der Waals surface area (Å²) in [6.45, 7) is 7.93. The first-order chi connectivity index (χ1) is 16.7. The molecule has 1 fully saturated rings. The van der Waals surface area contributed by atoms with Crippen molar-refractivity contribution < 1.29 is 23.8 Å². The van der Waals surface area contributed by atoms with Crippen molar-refractivity contribution in [1.29, 1.82) is 0 Å². The monoisotopic (exact) mass is 464 g/mol. The number of hydrogen-bond donors (Lipinski definition) is 0. The molecule has 0 saturated carbocycles. The number of carbonyl (C=O) groups excluding carboxylic acids is 2. The molecule has 1 aliphatic heterocycles. The Morgan fingerprint density at radius 2 is 1.85 bits per heavy atom. The van der Waals surface area contributed by atoms with Gasteiger partial charge in [-0.15, -0.1) is 0 Å². The number of ether oxygens (including phenoxy) is 3. The zero-order valence-corrected chi connectivity index (χ0v) is 19.7. The van der Waals surface area contributed by atoms with E-state index in [2.05, 4.69) is 11.8 Å². The second-order valence-electron chi connectivity index (χ2n) is 8.48. The van der Waals surface area contributed by atoms with Gasteiger partial charge in [0.15, 0.2) is 6.29 Å². The molecule has 1 saturated heterocycles. The molecular weight excluding hydrogens is 432 g/mol. The molecule has 4 rings (SSSR count). The summed E-state index contributed by atoms with van der Waals surface area (Å²) in [6, 6.07) is 15.2. The molecule has 2 aromatic carbocycles. The lowest BCUT2D eigenvalue weighted by Crippen LogP contribution is -2.38. The predicted octanol–water partition coefficient (Wildman–Crippen LogP) is 4.17. The number of esters is 1. The van der Waals surface area contributed by atoms with E-state index >= 15 is 0 Å². The van der Waals surface area contributed by atoms with Gasteiger partial charge in [-0.25, -0.2) is 4.79 Å². The third-order valence-electron chi connectivity index (χ3n) is 6.07. The largest absolute Gasteiger partial charge is 0.492 e. The molecule has 34 heavy (non-hydrogen) atoms. The minimum absolute atomic E-state index is 0.304. The third-order valence-corrected chi connectivity index (χ3v) is 6.07. The Kier molecular flexibility index (Phi) is 8.33. The summed E-state index contributed by atoms with van der Waals surface area (Å²) in [7, 11) is 0. The van der Waals surface area contributed by atoms with Crippen molar-refractivity contribution in [3.05, 3.63) is 65.4 Å². The van der Waals surface area contributed by atoms with Gasteiger partial charge in [0, 0.05) is 37.1 Å². The van der Waals surface area contributed by atoms with Crippen molar-refractivity contribution in [2.75, 3.05) is 46.1 Å². The van der Waals surface area contributed by atoms with Crippen LogP contribution in [0.4, 0.5) is 0 Å². The Bertz CT molecular complexity index is 1100. The fourth-order valence-corrected chi connectivity index (χ4v) is 4.07. The molecule has 0 aliphatic carbocycles. The van der Waals surface area contributed by atoms with Crippen LogP contribution in [0.1, 0.15) is 46.2 Å². The van der Waals surface area contributed by atoms with E-state index in [0.717, 1.165) is 74.2 Å². The van der Waals surface area contributed by atoms with Crippen LogP contribution in [0.3, 0.4) is 0 Å². The highest BCUT2D eigenvalue weighted by Crippen LogP contribution is 2.25. The maximum atomic E-state index is 12.1. The van der Waals surface area contributed by atoms with Crippen LogP contribution in [0.2, 0.25) is 0 Å². The fraction of sp³-hybridized carbons (Fsp3) is 0.407. The Labute approximate surface area is 200 Å². The summed E-state index contributed by atoms with van der Waals surface area (Å²) in [5.74, 6) is 0.488. The van der Waals surface area contributed by atoms with Crippen molar-refractivity contribution in [2.24, 2.45) is 0 Å². The highest BCUT2D eigenvalue weighted by atomic mass is 16.5. The number of morpholine rings is 1. The number of carbonyl (C=O) groups is 2. The molecule has 0 unspecified atom stereocenters. The van der Waals surface area contributed by atoms with Crippen LogP contribution >= 0.6 is 0 Å². The van der Waals surface area contributed by atoms with Gasteiger partial charge in [0.25, 0.3) is 0 Å². The van der Waals surface area contributed by atoms with Crippen molar-refractivity contribution >= 4 is 23.2 Å². The summed E-state index contributed by atoms with van der Waals surface area (Å²) >= 11 is 0. The normalized spacial score (nSPS) is 14.3. The highest BCUT2D eigenvalue weighted by molar-refractivity contribution is 5.90. The summed E-state index contributed by atoms with van der Waals surface area (Å²) in [5.41, 5.74) is 3.09. The van der Waals surface area contributed by atoms with Gasteiger partial charge in [-0.3, -0.25) is 9.69 Å². The molecule has 7 heteroatoms. The van der Waals surface area contributed by atoms with Crippen LogP contribution in [-0.4, -0.2) is 67.8 Å². The number of unbranched alkanes of at least 4 members (excludes halogenated alkanes) is 1. The van der Waals surface area contributed by atoms with Crippen molar-refractivity contribution in [3.63, 3.8) is 0 Å². The van der Waals surface area contributed by atoms with E-state index in [-0.39, 0.29) is 5.97 Å². The molecule has 0 spiro atoms. The second kappa shape index (κ2) is 11.8. The van der Waals surface area contributed by atoms with Crippen LogP contribution in [0.25, 0.3) is 10.9 Å². The lowest BCUT2D eigenvalue weighted by molar-refractivity contribution is 0.0322. The molecule has 0 N–H and O–H groups in total. The molecule has 0 atom stereocenters. The number of aldehydes is 1. The zero-order valence-electron chi connectivity index (χ0n) is 19.7. The summed E-state index contributed by atoms with van der Waals surface area (Å²) in [6.07, 6.45) is 2.72. The molecule has 1 aliphatic rings. The van der Waals surface area contributed by atoms with Gasteiger partial charge < -0.3 is 18.8 Å². The van der Waals surface area contributed by atoms with Crippen LogP contribution in [0, 0.1) is 0 Å². The van der Waals surface area contributed by atoms with Gasteiger partial charge >= 0.3 is 5.97 Å². The molecule has 1 aromatic heterocycles. The lowest BCUT2D eigenvalue weighted by atomic mass is 10.1. The van der Waals surface area contributed by atoms with Crippen LogP contribution in [0.15, 0.2) is 48.5 Å².